The van der Waals surface area contributed by atoms with Gasteiger partial charge in [-0.05, 0) is 94.1 Å². The molecule has 198 valence electrons. The standard InChI is InChI=1S/C27H40N2O4.2ClH/c1-2-17-29(22-8-13-25-21(20-22)7-14-26(31)27(25)32)18-6-4-3-5-15-28-16-19-33-24-11-9-23(30)10-12-24;;/h7,9-12,14,22,28,30-32H,2-6,8,13,15-20H2,1H3;2*1H. The molecule has 0 saturated heterocycles. The topological polar surface area (TPSA) is 85.2 Å². The van der Waals surface area contributed by atoms with E-state index in [1.165, 1.54) is 31.2 Å². The SMILES string of the molecule is CCCN(CCCCCCNCCOc1ccc(O)cc1)C1CCc2c(ccc(O)c2O)C1.Cl.Cl. The summed E-state index contributed by atoms with van der Waals surface area (Å²) in [4.78, 5) is 2.63. The molecule has 0 amide bonds. The van der Waals surface area contributed by atoms with Crippen molar-refractivity contribution in [3.05, 3.63) is 47.5 Å². The number of unbranched alkanes of at least 4 members (excludes halogenated alkanes) is 3. The number of phenolic OH excluding ortho intramolecular Hbond substituents is 3. The Morgan fingerprint density at radius 2 is 1.66 bits per heavy atom. The number of benzene rings is 2. The molecule has 1 atom stereocenters. The minimum absolute atomic E-state index is 0. The van der Waals surface area contributed by atoms with Crippen molar-refractivity contribution < 1.29 is 20.1 Å². The highest BCUT2D eigenvalue weighted by atomic mass is 35.5. The molecule has 0 aromatic heterocycles. The second-order valence-corrected chi connectivity index (χ2v) is 9.01. The molecule has 1 unspecified atom stereocenters. The zero-order valence-corrected chi connectivity index (χ0v) is 22.4. The van der Waals surface area contributed by atoms with E-state index in [2.05, 4.69) is 17.1 Å². The van der Waals surface area contributed by atoms with E-state index in [0.29, 0.717) is 12.6 Å². The zero-order chi connectivity index (χ0) is 23.5. The number of rotatable bonds is 14. The fraction of sp³-hybridized carbons (Fsp3) is 0.556. The van der Waals surface area contributed by atoms with Gasteiger partial charge in [-0.25, -0.2) is 0 Å². The van der Waals surface area contributed by atoms with Crippen molar-refractivity contribution in [3.8, 4) is 23.0 Å². The van der Waals surface area contributed by atoms with Crippen molar-refractivity contribution >= 4 is 24.8 Å². The molecular weight excluding hydrogens is 487 g/mol. The molecule has 4 N–H and O–H groups in total. The largest absolute Gasteiger partial charge is 0.508 e. The van der Waals surface area contributed by atoms with E-state index in [1.807, 2.05) is 6.07 Å². The lowest BCUT2D eigenvalue weighted by Gasteiger charge is -2.35. The summed E-state index contributed by atoms with van der Waals surface area (Å²) in [5.41, 5.74) is 2.12. The number of aromatic hydroxyl groups is 3. The first-order chi connectivity index (χ1) is 16.1. The number of nitrogens with zero attached hydrogens (tertiary/aromatic N) is 1. The third-order valence-corrected chi connectivity index (χ3v) is 6.50. The Bertz CT molecular complexity index is 852. The highest BCUT2D eigenvalue weighted by molar-refractivity contribution is 5.85. The Morgan fingerprint density at radius 3 is 2.40 bits per heavy atom. The number of halogens is 2. The Kier molecular flexibility index (Phi) is 14.9. The second-order valence-electron chi connectivity index (χ2n) is 9.01. The van der Waals surface area contributed by atoms with Gasteiger partial charge < -0.3 is 30.3 Å². The maximum absolute atomic E-state index is 10.1. The van der Waals surface area contributed by atoms with E-state index in [-0.39, 0.29) is 42.1 Å². The molecule has 0 fully saturated rings. The van der Waals surface area contributed by atoms with Gasteiger partial charge in [-0.3, -0.25) is 0 Å². The third-order valence-electron chi connectivity index (χ3n) is 6.50. The van der Waals surface area contributed by atoms with Crippen molar-refractivity contribution in [2.75, 3.05) is 32.8 Å². The lowest BCUT2D eigenvalue weighted by molar-refractivity contribution is 0.175. The van der Waals surface area contributed by atoms with Crippen LogP contribution in [0.2, 0.25) is 0 Å². The van der Waals surface area contributed by atoms with E-state index in [4.69, 9.17) is 4.74 Å². The zero-order valence-electron chi connectivity index (χ0n) is 20.7. The molecule has 6 nitrogen and oxygen atoms in total. The molecule has 8 heteroatoms. The number of nitrogens with one attached hydrogen (secondary N) is 1. The molecule has 0 saturated carbocycles. The highest BCUT2D eigenvalue weighted by Crippen LogP contribution is 2.36. The summed E-state index contributed by atoms with van der Waals surface area (Å²) in [6, 6.07) is 10.9. The molecule has 3 rings (SSSR count). The molecular formula is C27H42Cl2N2O4. The molecule has 1 aliphatic carbocycles. The van der Waals surface area contributed by atoms with Crippen LogP contribution in [-0.2, 0) is 12.8 Å². The summed E-state index contributed by atoms with van der Waals surface area (Å²) in [6.45, 7) is 6.94. The minimum atomic E-state index is -0.00280. The normalized spacial score (nSPS) is 14.6. The van der Waals surface area contributed by atoms with Crippen molar-refractivity contribution in [1.82, 2.24) is 10.2 Å². The lowest BCUT2D eigenvalue weighted by atomic mass is 9.86. The van der Waals surface area contributed by atoms with Crippen LogP contribution in [0.25, 0.3) is 0 Å². The van der Waals surface area contributed by atoms with Crippen LogP contribution in [0.4, 0.5) is 0 Å². The summed E-state index contributed by atoms with van der Waals surface area (Å²) in [7, 11) is 0. The van der Waals surface area contributed by atoms with Gasteiger partial charge in [-0.2, -0.15) is 0 Å². The maximum Gasteiger partial charge on any atom is 0.160 e. The van der Waals surface area contributed by atoms with Gasteiger partial charge in [-0.15, -0.1) is 24.8 Å². The summed E-state index contributed by atoms with van der Waals surface area (Å²) in [6.07, 6.45) is 8.85. The van der Waals surface area contributed by atoms with E-state index < -0.39 is 0 Å². The van der Waals surface area contributed by atoms with Crippen LogP contribution < -0.4 is 10.1 Å². The second kappa shape index (κ2) is 16.7. The van der Waals surface area contributed by atoms with Crippen LogP contribution in [-0.4, -0.2) is 59.0 Å². The van der Waals surface area contributed by atoms with E-state index >= 15 is 0 Å². The predicted molar refractivity (Wildman–Crippen MR) is 147 cm³/mol. The van der Waals surface area contributed by atoms with Crippen LogP contribution in [0.3, 0.4) is 0 Å². The Labute approximate surface area is 222 Å². The summed E-state index contributed by atoms with van der Waals surface area (Å²) >= 11 is 0. The van der Waals surface area contributed by atoms with E-state index in [9.17, 15) is 15.3 Å². The first-order valence-electron chi connectivity index (χ1n) is 12.5. The van der Waals surface area contributed by atoms with Crippen molar-refractivity contribution in [2.45, 2.75) is 64.3 Å². The average Bonchev–Trinajstić information content (AvgIpc) is 2.83. The Morgan fingerprint density at radius 1 is 0.914 bits per heavy atom. The summed E-state index contributed by atoms with van der Waals surface area (Å²) in [5, 5.41) is 32.6. The van der Waals surface area contributed by atoms with Gasteiger partial charge in [0.25, 0.3) is 0 Å². The summed E-state index contributed by atoms with van der Waals surface area (Å²) in [5.74, 6) is 1.11. The van der Waals surface area contributed by atoms with Gasteiger partial charge in [0.1, 0.15) is 18.1 Å². The van der Waals surface area contributed by atoms with Gasteiger partial charge in [0.2, 0.25) is 0 Å². The Hall–Kier alpha value is -1.86. The van der Waals surface area contributed by atoms with Crippen LogP contribution in [0.1, 0.15) is 56.6 Å². The number of fused-ring (bicyclic) bond motifs is 1. The van der Waals surface area contributed by atoms with Crippen LogP contribution >= 0.6 is 24.8 Å². The molecule has 2 aromatic carbocycles. The number of ether oxygens (including phenoxy) is 1. The fourth-order valence-electron chi connectivity index (χ4n) is 4.71. The smallest absolute Gasteiger partial charge is 0.160 e. The molecule has 0 aliphatic heterocycles. The number of hydrogen-bond acceptors (Lipinski definition) is 6. The molecule has 0 heterocycles. The Balaban J connectivity index is 0.00000306. The fourth-order valence-corrected chi connectivity index (χ4v) is 4.71. The lowest BCUT2D eigenvalue weighted by Crippen LogP contribution is -2.40. The summed E-state index contributed by atoms with van der Waals surface area (Å²) < 4.78 is 5.64. The van der Waals surface area contributed by atoms with Crippen molar-refractivity contribution in [1.29, 1.82) is 0 Å². The quantitative estimate of drug-likeness (QED) is 0.193. The van der Waals surface area contributed by atoms with E-state index in [1.54, 1.807) is 30.3 Å². The minimum Gasteiger partial charge on any atom is -0.508 e. The van der Waals surface area contributed by atoms with Gasteiger partial charge in [0.15, 0.2) is 11.5 Å². The molecule has 35 heavy (non-hydrogen) atoms. The number of hydrogen-bond donors (Lipinski definition) is 4. The first kappa shape index (κ1) is 31.2. The number of phenols is 3. The monoisotopic (exact) mass is 528 g/mol. The van der Waals surface area contributed by atoms with Crippen molar-refractivity contribution in [2.24, 2.45) is 0 Å². The highest BCUT2D eigenvalue weighted by Gasteiger charge is 2.26. The van der Waals surface area contributed by atoms with Gasteiger partial charge in [0, 0.05) is 18.2 Å². The molecule has 1 aliphatic rings. The molecule has 0 bridgehead atoms. The third kappa shape index (κ3) is 9.96. The van der Waals surface area contributed by atoms with Crippen molar-refractivity contribution in [3.63, 3.8) is 0 Å². The van der Waals surface area contributed by atoms with Crippen LogP contribution in [0.5, 0.6) is 23.0 Å². The first-order valence-corrected chi connectivity index (χ1v) is 12.5. The van der Waals surface area contributed by atoms with Gasteiger partial charge >= 0.3 is 0 Å². The van der Waals surface area contributed by atoms with Gasteiger partial charge in [-0.1, -0.05) is 25.8 Å². The van der Waals surface area contributed by atoms with Gasteiger partial charge in [0.05, 0.1) is 0 Å². The van der Waals surface area contributed by atoms with Crippen LogP contribution in [0.15, 0.2) is 36.4 Å². The average molecular weight is 530 g/mol. The molecule has 2 aromatic rings. The van der Waals surface area contributed by atoms with Crippen LogP contribution in [0, 0.1) is 0 Å². The van der Waals surface area contributed by atoms with E-state index in [0.717, 1.165) is 63.2 Å². The molecule has 0 radical (unpaired) electrons. The maximum atomic E-state index is 10.1. The predicted octanol–water partition coefficient (Wildman–Crippen LogP) is 5.45. The molecule has 0 spiro atoms.